The Kier molecular flexibility index (Phi) is 4.36. The zero-order chi connectivity index (χ0) is 11.4. The van der Waals surface area contributed by atoms with E-state index in [1.807, 2.05) is 0 Å². The maximum absolute atomic E-state index is 11.8. The van der Waals surface area contributed by atoms with Crippen molar-refractivity contribution in [3.05, 3.63) is 24.3 Å². The number of ketones is 2. The van der Waals surface area contributed by atoms with Gasteiger partial charge in [0.1, 0.15) is 0 Å². The lowest BCUT2D eigenvalue weighted by Gasteiger charge is -2.04. The molecule has 14 heavy (non-hydrogen) atoms. The molecule has 76 valence electrons. The first-order valence-electron chi connectivity index (χ1n) is 3.27. The Balaban J connectivity index is 4.65. The maximum atomic E-state index is 11.8. The van der Waals surface area contributed by atoms with E-state index in [1.54, 1.807) is 0 Å². The average molecular weight is 222 g/mol. The van der Waals surface area contributed by atoms with E-state index < -0.39 is 23.3 Å². The van der Waals surface area contributed by atoms with Crippen LogP contribution in [-0.4, -0.2) is 23.1 Å². The van der Waals surface area contributed by atoms with E-state index in [9.17, 15) is 22.8 Å². The maximum Gasteiger partial charge on any atom is 0.454 e. The van der Waals surface area contributed by atoms with Gasteiger partial charge in [0.25, 0.3) is 5.78 Å². The van der Waals surface area contributed by atoms with Crippen molar-refractivity contribution in [2.75, 3.05) is 0 Å². The molecule has 0 radical (unpaired) electrons. The van der Waals surface area contributed by atoms with Crippen LogP contribution in [0.15, 0.2) is 24.3 Å². The fraction of sp³-hybridized carbons (Fsp3) is 0.125. The third-order valence-electron chi connectivity index (χ3n) is 1.16. The standard InChI is InChI=1S/C8H5F3O2S/c1-5(6(12)3-2-4-14)7(13)8(9,10)11/h2-4H,1H2/b3-2+. The molecule has 0 N–H and O–H groups in total. The second-order valence-electron chi connectivity index (χ2n) is 2.16. The molecule has 0 aliphatic carbocycles. The summed E-state index contributed by atoms with van der Waals surface area (Å²) >= 11 is 4.30. The molecular formula is C8H5F3O2S. The molecule has 0 heterocycles. The molecule has 0 spiro atoms. The third kappa shape index (κ3) is 3.61. The topological polar surface area (TPSA) is 34.1 Å². The van der Waals surface area contributed by atoms with Gasteiger partial charge in [-0.2, -0.15) is 13.2 Å². The van der Waals surface area contributed by atoms with Gasteiger partial charge in [0.2, 0.25) is 0 Å². The van der Waals surface area contributed by atoms with Crippen molar-refractivity contribution in [2.24, 2.45) is 0 Å². The zero-order valence-electron chi connectivity index (χ0n) is 6.80. The fourth-order valence-electron chi connectivity index (χ4n) is 0.510. The van der Waals surface area contributed by atoms with Gasteiger partial charge in [0.15, 0.2) is 5.78 Å². The van der Waals surface area contributed by atoms with E-state index >= 15 is 0 Å². The second kappa shape index (κ2) is 4.80. The smallest absolute Gasteiger partial charge is 0.289 e. The summed E-state index contributed by atoms with van der Waals surface area (Å²) in [5.41, 5.74) is -1.12. The van der Waals surface area contributed by atoms with Crippen molar-refractivity contribution in [2.45, 2.75) is 6.18 Å². The van der Waals surface area contributed by atoms with Gasteiger partial charge in [-0.05, 0) is 12.2 Å². The van der Waals surface area contributed by atoms with Gasteiger partial charge in [0, 0.05) is 5.37 Å². The molecule has 0 bridgehead atoms. The lowest BCUT2D eigenvalue weighted by atomic mass is 10.1. The Morgan fingerprint density at radius 1 is 1.29 bits per heavy atom. The number of Topliss-reactive ketones (excluding diaryl/α,β-unsaturated/α-hetero) is 1. The minimum Gasteiger partial charge on any atom is -0.289 e. The molecule has 0 aromatic rings. The number of carbonyl (C=O) groups excluding carboxylic acids is 2. The van der Waals surface area contributed by atoms with Crippen LogP contribution in [-0.2, 0) is 9.59 Å². The van der Waals surface area contributed by atoms with Crippen LogP contribution in [0.2, 0.25) is 0 Å². The minimum atomic E-state index is -5.07. The summed E-state index contributed by atoms with van der Waals surface area (Å²) in [5, 5.41) is 1.03. The largest absolute Gasteiger partial charge is 0.454 e. The van der Waals surface area contributed by atoms with Gasteiger partial charge < -0.3 is 0 Å². The molecule has 0 fully saturated rings. The minimum absolute atomic E-state index is 0.749. The van der Waals surface area contributed by atoms with Gasteiger partial charge >= 0.3 is 6.18 Å². The molecule has 0 amide bonds. The Hall–Kier alpha value is -1.30. The van der Waals surface area contributed by atoms with Crippen LogP contribution in [0.3, 0.4) is 0 Å². The van der Waals surface area contributed by atoms with E-state index in [-0.39, 0.29) is 0 Å². The summed E-state index contributed by atoms with van der Waals surface area (Å²) in [6.07, 6.45) is -3.27. The zero-order valence-corrected chi connectivity index (χ0v) is 7.61. The predicted octanol–water partition coefficient (Wildman–Crippen LogP) is 1.80. The van der Waals surface area contributed by atoms with Crippen LogP contribution in [0, 0.1) is 0 Å². The number of carbonyl (C=O) groups is 2. The average Bonchev–Trinajstić information content (AvgIpc) is 2.10. The van der Waals surface area contributed by atoms with Crippen LogP contribution in [0.4, 0.5) is 13.2 Å². The SMILES string of the molecule is C=C(C(=O)/C=C/C=S)C(=O)C(F)(F)F. The van der Waals surface area contributed by atoms with Crippen molar-refractivity contribution in [3.8, 4) is 0 Å². The third-order valence-corrected chi connectivity index (χ3v) is 1.31. The molecule has 0 aromatic heterocycles. The molecular weight excluding hydrogens is 217 g/mol. The summed E-state index contributed by atoms with van der Waals surface area (Å²) in [6, 6.07) is 0. The van der Waals surface area contributed by atoms with Crippen molar-refractivity contribution < 1.29 is 22.8 Å². The molecule has 6 heteroatoms. The van der Waals surface area contributed by atoms with Crippen LogP contribution in [0.5, 0.6) is 0 Å². The summed E-state index contributed by atoms with van der Waals surface area (Å²) in [5.74, 6) is -3.34. The van der Waals surface area contributed by atoms with E-state index in [0.717, 1.165) is 17.5 Å². The molecule has 0 saturated carbocycles. The summed E-state index contributed by atoms with van der Waals surface area (Å²) in [4.78, 5) is 21.3. The Labute approximate surface area is 83.1 Å². The lowest BCUT2D eigenvalue weighted by molar-refractivity contribution is -0.166. The highest BCUT2D eigenvalue weighted by atomic mass is 32.1. The first-order chi connectivity index (χ1) is 6.30. The number of hydrogen-bond donors (Lipinski definition) is 0. The van der Waals surface area contributed by atoms with Crippen molar-refractivity contribution in [3.63, 3.8) is 0 Å². The Bertz CT molecular complexity index is 315. The summed E-state index contributed by atoms with van der Waals surface area (Å²) < 4.78 is 35.3. The summed E-state index contributed by atoms with van der Waals surface area (Å²) in [6.45, 7) is 2.76. The van der Waals surface area contributed by atoms with Gasteiger partial charge in [-0.25, -0.2) is 0 Å². The normalized spacial score (nSPS) is 11.4. The number of rotatable bonds is 4. The van der Waals surface area contributed by atoms with Gasteiger partial charge in [0.05, 0.1) is 5.57 Å². The number of alkyl halides is 3. The number of halogens is 3. The number of thiocarbonyl (C=S) groups is 1. The lowest BCUT2D eigenvalue weighted by Crippen LogP contribution is -2.27. The summed E-state index contributed by atoms with van der Waals surface area (Å²) in [7, 11) is 0. The number of hydrogen-bond acceptors (Lipinski definition) is 3. The molecule has 0 atom stereocenters. The van der Waals surface area contributed by atoms with Crippen molar-refractivity contribution in [1.82, 2.24) is 0 Å². The molecule has 0 unspecified atom stereocenters. The second-order valence-corrected chi connectivity index (χ2v) is 2.44. The van der Waals surface area contributed by atoms with Crippen LogP contribution < -0.4 is 0 Å². The number of allylic oxidation sites excluding steroid dienone is 3. The van der Waals surface area contributed by atoms with Gasteiger partial charge in [-0.3, -0.25) is 9.59 Å². The molecule has 0 aromatic carbocycles. The van der Waals surface area contributed by atoms with E-state index in [0.29, 0.717) is 0 Å². The predicted molar refractivity (Wildman–Crippen MR) is 48.0 cm³/mol. The van der Waals surface area contributed by atoms with E-state index in [4.69, 9.17) is 0 Å². The van der Waals surface area contributed by atoms with Gasteiger partial charge in [-0.15, -0.1) is 0 Å². The monoisotopic (exact) mass is 222 g/mol. The molecule has 0 rings (SSSR count). The van der Waals surface area contributed by atoms with E-state index in [2.05, 4.69) is 18.8 Å². The highest BCUT2D eigenvalue weighted by molar-refractivity contribution is 7.79. The highest BCUT2D eigenvalue weighted by Crippen LogP contribution is 2.20. The molecule has 0 aliphatic heterocycles. The Morgan fingerprint density at radius 3 is 2.14 bits per heavy atom. The van der Waals surface area contributed by atoms with Crippen molar-refractivity contribution >= 4 is 29.2 Å². The van der Waals surface area contributed by atoms with E-state index in [1.165, 1.54) is 0 Å². The Morgan fingerprint density at radius 2 is 1.79 bits per heavy atom. The quantitative estimate of drug-likeness (QED) is 0.315. The van der Waals surface area contributed by atoms with Crippen LogP contribution in [0.1, 0.15) is 0 Å². The highest BCUT2D eigenvalue weighted by Gasteiger charge is 2.41. The molecule has 0 saturated heterocycles. The molecule has 2 nitrogen and oxygen atoms in total. The van der Waals surface area contributed by atoms with Crippen LogP contribution in [0.25, 0.3) is 0 Å². The van der Waals surface area contributed by atoms with Gasteiger partial charge in [-0.1, -0.05) is 18.8 Å². The molecule has 0 aliphatic rings. The van der Waals surface area contributed by atoms with Crippen LogP contribution >= 0.6 is 12.2 Å². The first kappa shape index (κ1) is 12.7. The fourth-order valence-corrected chi connectivity index (χ4v) is 0.589. The van der Waals surface area contributed by atoms with Crippen molar-refractivity contribution in [1.29, 1.82) is 0 Å². The first-order valence-corrected chi connectivity index (χ1v) is 3.74.